The van der Waals surface area contributed by atoms with Gasteiger partial charge in [-0.05, 0) is 26.8 Å². The van der Waals surface area contributed by atoms with Crippen molar-refractivity contribution in [2.24, 2.45) is 0 Å². The largest absolute Gasteiger partial charge is 0.477 e. The van der Waals surface area contributed by atoms with Gasteiger partial charge in [-0.2, -0.15) is 0 Å². The first kappa shape index (κ1) is 14.8. The maximum absolute atomic E-state index is 12.6. The van der Waals surface area contributed by atoms with Crippen LogP contribution in [0.1, 0.15) is 44.0 Å². The summed E-state index contributed by atoms with van der Waals surface area (Å²) in [5, 5.41) is 0. The Bertz CT molecular complexity index is 613. The van der Waals surface area contributed by atoms with Gasteiger partial charge in [0.15, 0.2) is 5.60 Å². The molecule has 6 nitrogen and oxygen atoms in total. The number of likely N-dealkylation sites (tertiary alicyclic amines) is 1. The zero-order chi connectivity index (χ0) is 16.0. The van der Waals surface area contributed by atoms with Crippen LogP contribution >= 0.6 is 0 Å². The number of Topliss-reactive ketones (excluding diaryl/α,β-unsaturated/α-hetero) is 1. The van der Waals surface area contributed by atoms with Gasteiger partial charge in [0.2, 0.25) is 5.78 Å². The highest BCUT2D eigenvalue weighted by Crippen LogP contribution is 2.40. The third-order valence-corrected chi connectivity index (χ3v) is 3.97. The molecule has 0 N–H and O–H groups in total. The van der Waals surface area contributed by atoms with Crippen LogP contribution in [-0.4, -0.2) is 46.1 Å². The summed E-state index contributed by atoms with van der Waals surface area (Å²) in [6.45, 7) is 6.40. The van der Waals surface area contributed by atoms with Gasteiger partial charge in [-0.3, -0.25) is 9.78 Å². The van der Waals surface area contributed by atoms with E-state index in [1.165, 1.54) is 0 Å². The van der Waals surface area contributed by atoms with Crippen molar-refractivity contribution >= 4 is 11.9 Å². The molecule has 2 aliphatic heterocycles. The molecular weight excluding hydrogens is 284 g/mol. The van der Waals surface area contributed by atoms with Crippen molar-refractivity contribution in [1.29, 1.82) is 0 Å². The first-order chi connectivity index (χ1) is 10.3. The lowest BCUT2D eigenvalue weighted by Gasteiger charge is -2.37. The summed E-state index contributed by atoms with van der Waals surface area (Å²) in [7, 11) is 0. The predicted molar refractivity (Wildman–Crippen MR) is 79.0 cm³/mol. The molecule has 0 saturated carbocycles. The molecule has 3 heterocycles. The van der Waals surface area contributed by atoms with Crippen LogP contribution in [0.25, 0.3) is 0 Å². The van der Waals surface area contributed by atoms with Crippen LogP contribution in [0.15, 0.2) is 18.5 Å². The molecular formula is C16H20N2O4. The molecule has 22 heavy (non-hydrogen) atoms. The van der Waals surface area contributed by atoms with E-state index in [1.807, 2.05) is 20.8 Å². The molecule has 118 valence electrons. The van der Waals surface area contributed by atoms with E-state index in [2.05, 4.69) is 4.98 Å². The number of ether oxygens (including phenoxy) is 2. The van der Waals surface area contributed by atoms with Gasteiger partial charge in [0.25, 0.3) is 0 Å². The highest BCUT2D eigenvalue weighted by molar-refractivity contribution is 6.07. The molecule has 0 bridgehead atoms. The molecule has 1 amide bonds. The number of nitrogens with zero attached hydrogens (tertiary/aromatic N) is 2. The fraction of sp³-hybridized carbons (Fsp3) is 0.562. The quantitative estimate of drug-likeness (QED) is 0.736. The van der Waals surface area contributed by atoms with Crippen LogP contribution < -0.4 is 4.74 Å². The highest BCUT2D eigenvalue weighted by Gasteiger charge is 2.50. The van der Waals surface area contributed by atoms with Crippen molar-refractivity contribution in [2.75, 3.05) is 13.1 Å². The standard InChI is InChI=1S/C16H20N2O4/c1-15(2,3)22-14(20)18-8-5-16(6-9-18)13(19)11-4-7-17-10-12(11)21-16/h4,7,10H,5-6,8-9H2,1-3H3. The van der Waals surface area contributed by atoms with Crippen LogP contribution in [0.3, 0.4) is 0 Å². The number of rotatable bonds is 0. The number of carbonyl (C=O) groups is 2. The summed E-state index contributed by atoms with van der Waals surface area (Å²) in [6, 6.07) is 1.69. The number of carbonyl (C=O) groups excluding carboxylic acids is 2. The normalized spacial score (nSPS) is 19.8. The number of ketones is 1. The topological polar surface area (TPSA) is 68.7 Å². The van der Waals surface area contributed by atoms with E-state index in [-0.39, 0.29) is 11.9 Å². The molecule has 1 aromatic rings. The first-order valence-electron chi connectivity index (χ1n) is 7.46. The molecule has 1 saturated heterocycles. The van der Waals surface area contributed by atoms with E-state index < -0.39 is 11.2 Å². The predicted octanol–water partition coefficient (Wildman–Crippen LogP) is 2.43. The Morgan fingerprint density at radius 1 is 1.36 bits per heavy atom. The average Bonchev–Trinajstić information content (AvgIpc) is 2.71. The third-order valence-electron chi connectivity index (χ3n) is 3.97. The average molecular weight is 304 g/mol. The van der Waals surface area contributed by atoms with Crippen LogP contribution in [0.4, 0.5) is 4.79 Å². The Morgan fingerprint density at radius 2 is 2.05 bits per heavy atom. The number of aromatic nitrogens is 1. The third kappa shape index (κ3) is 2.53. The maximum Gasteiger partial charge on any atom is 0.410 e. The van der Waals surface area contributed by atoms with Gasteiger partial charge in [0.05, 0.1) is 11.8 Å². The minimum atomic E-state index is -0.843. The first-order valence-corrected chi connectivity index (χ1v) is 7.46. The zero-order valence-electron chi connectivity index (χ0n) is 13.1. The van der Waals surface area contributed by atoms with E-state index >= 15 is 0 Å². The minimum absolute atomic E-state index is 0.00580. The Hall–Kier alpha value is -2.11. The number of hydrogen-bond acceptors (Lipinski definition) is 5. The van der Waals surface area contributed by atoms with Gasteiger partial charge in [-0.1, -0.05) is 0 Å². The Morgan fingerprint density at radius 3 is 2.64 bits per heavy atom. The molecule has 1 fully saturated rings. The molecule has 0 aromatic carbocycles. The van der Waals surface area contributed by atoms with E-state index in [4.69, 9.17) is 9.47 Å². The van der Waals surface area contributed by atoms with Crippen molar-refractivity contribution in [1.82, 2.24) is 9.88 Å². The molecule has 0 unspecified atom stereocenters. The second kappa shape index (κ2) is 4.97. The summed E-state index contributed by atoms with van der Waals surface area (Å²) in [5.41, 5.74) is -0.779. The summed E-state index contributed by atoms with van der Waals surface area (Å²) in [4.78, 5) is 30.3. The highest BCUT2D eigenvalue weighted by atomic mass is 16.6. The Kier molecular flexibility index (Phi) is 3.34. The van der Waals surface area contributed by atoms with E-state index in [9.17, 15) is 9.59 Å². The number of pyridine rings is 1. The van der Waals surface area contributed by atoms with Gasteiger partial charge >= 0.3 is 6.09 Å². The van der Waals surface area contributed by atoms with Gasteiger partial charge in [-0.15, -0.1) is 0 Å². The summed E-state index contributed by atoms with van der Waals surface area (Å²) in [5.74, 6) is 0.534. The van der Waals surface area contributed by atoms with Crippen LogP contribution in [0.2, 0.25) is 0 Å². The van der Waals surface area contributed by atoms with Crippen molar-refractivity contribution in [3.63, 3.8) is 0 Å². The monoisotopic (exact) mass is 304 g/mol. The van der Waals surface area contributed by atoms with Crippen LogP contribution in [-0.2, 0) is 4.74 Å². The summed E-state index contributed by atoms with van der Waals surface area (Å²) in [6.07, 6.45) is 3.77. The molecule has 0 radical (unpaired) electrons. The Labute approximate surface area is 129 Å². The minimum Gasteiger partial charge on any atom is -0.477 e. The molecule has 1 aromatic heterocycles. The lowest BCUT2D eigenvalue weighted by Crippen LogP contribution is -2.52. The second-order valence-corrected chi connectivity index (χ2v) is 6.76. The summed E-state index contributed by atoms with van der Waals surface area (Å²) < 4.78 is 11.3. The number of hydrogen-bond donors (Lipinski definition) is 0. The van der Waals surface area contributed by atoms with Crippen LogP contribution in [0.5, 0.6) is 5.75 Å². The lowest BCUT2D eigenvalue weighted by molar-refractivity contribution is -0.00479. The summed E-state index contributed by atoms with van der Waals surface area (Å²) >= 11 is 0. The molecule has 0 aliphatic carbocycles. The van der Waals surface area contributed by atoms with Crippen molar-refractivity contribution < 1.29 is 19.1 Å². The molecule has 6 heteroatoms. The van der Waals surface area contributed by atoms with E-state index in [1.54, 1.807) is 23.4 Å². The SMILES string of the molecule is CC(C)(C)OC(=O)N1CCC2(CC1)Oc1cnccc1C2=O. The van der Waals surface area contributed by atoms with Gasteiger partial charge in [0, 0.05) is 32.1 Å². The fourth-order valence-electron chi connectivity index (χ4n) is 2.86. The number of fused-ring (bicyclic) bond motifs is 1. The lowest BCUT2D eigenvalue weighted by atomic mass is 9.86. The van der Waals surface area contributed by atoms with Crippen molar-refractivity contribution in [2.45, 2.75) is 44.8 Å². The van der Waals surface area contributed by atoms with E-state index in [0.29, 0.717) is 37.2 Å². The smallest absolute Gasteiger partial charge is 0.410 e. The van der Waals surface area contributed by atoms with Crippen LogP contribution in [0, 0.1) is 0 Å². The van der Waals surface area contributed by atoms with Crippen molar-refractivity contribution in [3.05, 3.63) is 24.0 Å². The second-order valence-electron chi connectivity index (χ2n) is 6.76. The molecule has 3 rings (SSSR count). The Balaban J connectivity index is 1.68. The van der Waals surface area contributed by atoms with Crippen molar-refractivity contribution in [3.8, 4) is 5.75 Å². The number of piperidine rings is 1. The van der Waals surface area contributed by atoms with Gasteiger partial charge < -0.3 is 14.4 Å². The number of amides is 1. The molecule has 0 atom stereocenters. The zero-order valence-corrected chi connectivity index (χ0v) is 13.1. The molecule has 1 spiro atoms. The maximum atomic E-state index is 12.6. The van der Waals surface area contributed by atoms with Gasteiger partial charge in [-0.25, -0.2) is 4.79 Å². The fourth-order valence-corrected chi connectivity index (χ4v) is 2.86. The van der Waals surface area contributed by atoms with E-state index in [0.717, 1.165) is 0 Å². The molecule has 2 aliphatic rings. The van der Waals surface area contributed by atoms with Gasteiger partial charge in [0.1, 0.15) is 11.4 Å².